The molecule has 2 aromatic heterocycles. The number of nitrogens with one attached hydrogen (secondary N) is 4. The van der Waals surface area contributed by atoms with Crippen molar-refractivity contribution in [2.45, 2.75) is 4.90 Å². The van der Waals surface area contributed by atoms with E-state index in [0.717, 1.165) is 37.3 Å². The number of benzene rings is 4. The number of para-hydroxylation sites is 1. The highest BCUT2D eigenvalue weighted by atomic mass is 32.2. The quantitative estimate of drug-likeness (QED) is 0.0958. The number of nitrogens with zero attached hydrogens (tertiary/aromatic N) is 1. The van der Waals surface area contributed by atoms with E-state index in [2.05, 4.69) is 25.9 Å². The minimum Gasteiger partial charge on any atom is -0.497 e. The zero-order valence-electron chi connectivity index (χ0n) is 24.0. The summed E-state index contributed by atoms with van der Waals surface area (Å²) in [5.41, 5.74) is 3.54. The molecule has 0 spiro atoms. The van der Waals surface area contributed by atoms with E-state index in [1.165, 1.54) is 23.1 Å². The van der Waals surface area contributed by atoms with Crippen molar-refractivity contribution >= 4 is 78.8 Å². The van der Waals surface area contributed by atoms with Gasteiger partial charge in [-0.1, -0.05) is 47.7 Å². The molecule has 0 bridgehead atoms. The Hall–Kier alpha value is -5.39. The Bertz CT molecular complexity index is 2030. The van der Waals surface area contributed by atoms with E-state index in [0.29, 0.717) is 16.4 Å². The minimum absolute atomic E-state index is 0.0945. The molecule has 0 saturated heterocycles. The summed E-state index contributed by atoms with van der Waals surface area (Å²) in [5, 5.41) is 9.94. The van der Waals surface area contributed by atoms with Gasteiger partial charge in [-0.15, -0.1) is 11.8 Å². The molecule has 6 rings (SSSR count). The first kappa shape index (κ1) is 29.7. The highest BCUT2D eigenvalue weighted by Gasteiger charge is 2.16. The topological polar surface area (TPSA) is 125 Å². The molecule has 0 aliphatic rings. The Balaban J connectivity index is 1.10. The van der Waals surface area contributed by atoms with Gasteiger partial charge in [-0.2, -0.15) is 0 Å². The number of carbonyl (C=O) groups is 3. The third-order valence-corrected chi connectivity index (χ3v) is 8.72. The number of thiazole rings is 1. The maximum atomic E-state index is 13.4. The lowest BCUT2D eigenvalue weighted by molar-refractivity contribution is -0.114. The van der Waals surface area contributed by atoms with Gasteiger partial charge in [0.15, 0.2) is 5.13 Å². The summed E-state index contributed by atoms with van der Waals surface area (Å²) in [5.74, 6) is -0.124. The van der Waals surface area contributed by atoms with Crippen LogP contribution in [0.25, 0.3) is 27.2 Å². The van der Waals surface area contributed by atoms with Gasteiger partial charge in [0.05, 0.1) is 23.1 Å². The number of hydrogen-bond acceptors (Lipinski definition) is 7. The number of thioether (sulfide) groups is 1. The van der Waals surface area contributed by atoms with E-state index < -0.39 is 11.8 Å². The molecule has 224 valence electrons. The van der Waals surface area contributed by atoms with Gasteiger partial charge in [0.2, 0.25) is 5.91 Å². The average Bonchev–Trinajstić information content (AvgIpc) is 3.67. The number of amides is 3. The SMILES string of the molecule is COc1ccc2nc(NC(=O)CSc3ccc(NC(=O)/C(=C/c4c[nH]c5ccccc45)NC(=O)c4ccccc4)cc3)sc2c1. The number of ether oxygens (including phenoxy) is 1. The first-order valence-electron chi connectivity index (χ1n) is 13.9. The van der Waals surface area contributed by atoms with Gasteiger partial charge >= 0.3 is 0 Å². The van der Waals surface area contributed by atoms with Crippen molar-refractivity contribution < 1.29 is 19.1 Å². The number of carbonyl (C=O) groups excluding carboxylic acids is 3. The molecular weight excluding hydrogens is 607 g/mol. The van der Waals surface area contributed by atoms with Crippen LogP contribution in [0.15, 0.2) is 114 Å². The molecule has 11 heteroatoms. The van der Waals surface area contributed by atoms with Gasteiger partial charge < -0.3 is 25.7 Å². The van der Waals surface area contributed by atoms with Crippen molar-refractivity contribution in [1.82, 2.24) is 15.3 Å². The van der Waals surface area contributed by atoms with E-state index in [4.69, 9.17) is 4.74 Å². The molecule has 0 saturated carbocycles. The highest BCUT2D eigenvalue weighted by Crippen LogP contribution is 2.29. The van der Waals surface area contributed by atoms with Crippen LogP contribution in [0.3, 0.4) is 0 Å². The third-order valence-electron chi connectivity index (χ3n) is 6.77. The number of fused-ring (bicyclic) bond motifs is 2. The summed E-state index contributed by atoms with van der Waals surface area (Å²) in [4.78, 5) is 47.5. The number of anilines is 2. The molecule has 9 nitrogen and oxygen atoms in total. The fourth-order valence-electron chi connectivity index (χ4n) is 4.53. The molecule has 4 N–H and O–H groups in total. The van der Waals surface area contributed by atoms with E-state index >= 15 is 0 Å². The first-order chi connectivity index (χ1) is 21.9. The van der Waals surface area contributed by atoms with Gasteiger partial charge in [0.25, 0.3) is 11.8 Å². The lowest BCUT2D eigenvalue weighted by Gasteiger charge is -2.12. The minimum atomic E-state index is -0.474. The Morgan fingerprint density at radius 3 is 2.51 bits per heavy atom. The number of aromatic nitrogens is 2. The van der Waals surface area contributed by atoms with Crippen LogP contribution >= 0.6 is 23.1 Å². The molecule has 0 fully saturated rings. The fourth-order valence-corrected chi connectivity index (χ4v) is 6.14. The second-order valence-corrected chi connectivity index (χ2v) is 11.9. The maximum Gasteiger partial charge on any atom is 0.272 e. The van der Waals surface area contributed by atoms with Gasteiger partial charge in [-0.25, -0.2) is 4.98 Å². The monoisotopic (exact) mass is 633 g/mol. The third kappa shape index (κ3) is 7.23. The molecule has 6 aromatic rings. The van der Waals surface area contributed by atoms with Gasteiger partial charge in [0, 0.05) is 38.8 Å². The van der Waals surface area contributed by atoms with Gasteiger partial charge in [0.1, 0.15) is 11.4 Å². The van der Waals surface area contributed by atoms with Crippen LogP contribution in [0, 0.1) is 0 Å². The predicted octanol–water partition coefficient (Wildman–Crippen LogP) is 6.93. The number of H-pyrrole nitrogens is 1. The maximum absolute atomic E-state index is 13.4. The zero-order valence-corrected chi connectivity index (χ0v) is 25.6. The summed E-state index contributed by atoms with van der Waals surface area (Å²) in [6, 6.07) is 29.2. The van der Waals surface area contributed by atoms with Crippen molar-refractivity contribution in [3.05, 3.63) is 120 Å². The molecule has 0 aliphatic carbocycles. The Labute approximate surface area is 266 Å². The van der Waals surface area contributed by atoms with Crippen LogP contribution < -0.4 is 20.7 Å². The predicted molar refractivity (Wildman–Crippen MR) is 181 cm³/mol. The highest BCUT2D eigenvalue weighted by molar-refractivity contribution is 8.00. The number of methoxy groups -OCH3 is 1. The van der Waals surface area contributed by atoms with Crippen LogP contribution in [0.2, 0.25) is 0 Å². The molecule has 4 aromatic carbocycles. The second kappa shape index (κ2) is 13.5. The molecule has 0 aliphatic heterocycles. The molecule has 3 amide bonds. The lowest BCUT2D eigenvalue weighted by Crippen LogP contribution is -2.30. The van der Waals surface area contributed by atoms with Crippen molar-refractivity contribution in [3.8, 4) is 5.75 Å². The van der Waals surface area contributed by atoms with Crippen LogP contribution in [0.1, 0.15) is 15.9 Å². The molecule has 0 atom stereocenters. The molecule has 45 heavy (non-hydrogen) atoms. The summed E-state index contributed by atoms with van der Waals surface area (Å²) >= 11 is 2.75. The van der Waals surface area contributed by atoms with Crippen LogP contribution in [0.4, 0.5) is 10.8 Å². The normalized spacial score (nSPS) is 11.4. The number of aromatic amines is 1. The fraction of sp³-hybridized carbons (Fsp3) is 0.0588. The van der Waals surface area contributed by atoms with Crippen molar-refractivity contribution in [1.29, 1.82) is 0 Å². The van der Waals surface area contributed by atoms with E-state index in [-0.39, 0.29) is 17.4 Å². The van der Waals surface area contributed by atoms with Crippen molar-refractivity contribution in [2.75, 3.05) is 23.5 Å². The van der Waals surface area contributed by atoms with Crippen LogP contribution in [-0.2, 0) is 9.59 Å². The lowest BCUT2D eigenvalue weighted by atomic mass is 10.1. The summed E-state index contributed by atoms with van der Waals surface area (Å²) in [6.07, 6.45) is 3.45. The Morgan fingerprint density at radius 2 is 1.71 bits per heavy atom. The second-order valence-electron chi connectivity index (χ2n) is 9.84. The summed E-state index contributed by atoms with van der Waals surface area (Å²) in [7, 11) is 1.61. The van der Waals surface area contributed by atoms with Crippen LogP contribution in [-0.4, -0.2) is 40.6 Å². The van der Waals surface area contributed by atoms with E-state index in [9.17, 15) is 14.4 Å². The van der Waals surface area contributed by atoms with E-state index in [1.807, 2.05) is 60.7 Å². The Morgan fingerprint density at radius 1 is 0.933 bits per heavy atom. The molecule has 2 heterocycles. The Kier molecular flexibility index (Phi) is 8.90. The van der Waals surface area contributed by atoms with Crippen molar-refractivity contribution in [3.63, 3.8) is 0 Å². The number of rotatable bonds is 10. The molecule has 0 radical (unpaired) electrons. The summed E-state index contributed by atoms with van der Waals surface area (Å²) in [6.45, 7) is 0. The standard InChI is InChI=1S/C34H27N5O4S2/c1-43-24-13-16-28-30(18-24)45-34(38-28)39-31(40)20-44-25-14-11-23(12-15-25)36-33(42)29(37-32(41)21-7-3-2-4-8-21)17-22-19-35-27-10-6-5-9-26(22)27/h2-19,35H,20H2,1H3,(H,36,42)(H,37,41)(H,38,39,40)/b29-17-. The molecule has 0 unspecified atom stereocenters. The van der Waals surface area contributed by atoms with Crippen LogP contribution in [0.5, 0.6) is 5.75 Å². The average molecular weight is 634 g/mol. The van der Waals surface area contributed by atoms with Gasteiger partial charge in [-0.3, -0.25) is 14.4 Å². The molecular formula is C34H27N5O4S2. The van der Waals surface area contributed by atoms with Crippen molar-refractivity contribution in [2.24, 2.45) is 0 Å². The number of hydrogen-bond donors (Lipinski definition) is 4. The largest absolute Gasteiger partial charge is 0.497 e. The first-order valence-corrected chi connectivity index (χ1v) is 15.7. The zero-order chi connectivity index (χ0) is 31.2. The van der Waals surface area contributed by atoms with Gasteiger partial charge in [-0.05, 0) is 66.7 Å². The summed E-state index contributed by atoms with van der Waals surface area (Å²) < 4.78 is 6.18. The van der Waals surface area contributed by atoms with E-state index in [1.54, 1.807) is 55.8 Å². The smallest absolute Gasteiger partial charge is 0.272 e.